The number of nitrogens with one attached hydrogen (secondary N) is 1. The number of amides is 1. The molecule has 0 spiro atoms. The Morgan fingerprint density at radius 1 is 1.43 bits per heavy atom. The highest BCUT2D eigenvalue weighted by molar-refractivity contribution is 5.93. The van der Waals surface area contributed by atoms with Gasteiger partial charge >= 0.3 is 6.18 Å². The molecule has 0 unspecified atom stereocenters. The van der Waals surface area contributed by atoms with Crippen LogP contribution in [0.2, 0.25) is 0 Å². The SMILES string of the molecule is NC(=O)c1c(C(F)(F)F)[nH]ccc1=O. The van der Waals surface area contributed by atoms with Crippen molar-refractivity contribution >= 4 is 5.91 Å². The molecule has 1 rings (SSSR count). The van der Waals surface area contributed by atoms with E-state index >= 15 is 0 Å². The van der Waals surface area contributed by atoms with E-state index in [2.05, 4.69) is 5.73 Å². The molecular weight excluding hydrogens is 201 g/mol. The molecule has 0 saturated carbocycles. The van der Waals surface area contributed by atoms with Gasteiger partial charge in [0.15, 0.2) is 5.43 Å². The lowest BCUT2D eigenvalue weighted by atomic mass is 10.1. The molecule has 7 heteroatoms. The van der Waals surface area contributed by atoms with Gasteiger partial charge in [0.1, 0.15) is 11.3 Å². The number of rotatable bonds is 1. The average molecular weight is 206 g/mol. The van der Waals surface area contributed by atoms with Gasteiger partial charge in [-0.3, -0.25) is 9.59 Å². The Hall–Kier alpha value is -1.79. The van der Waals surface area contributed by atoms with E-state index < -0.39 is 28.8 Å². The second-order valence-corrected chi connectivity index (χ2v) is 2.45. The van der Waals surface area contributed by atoms with Crippen molar-refractivity contribution < 1.29 is 18.0 Å². The number of H-pyrrole nitrogens is 1. The minimum atomic E-state index is -4.80. The quantitative estimate of drug-likeness (QED) is 0.701. The summed E-state index contributed by atoms with van der Waals surface area (Å²) in [7, 11) is 0. The van der Waals surface area contributed by atoms with E-state index in [0.717, 1.165) is 12.3 Å². The molecule has 76 valence electrons. The van der Waals surface area contributed by atoms with Gasteiger partial charge in [-0.05, 0) is 0 Å². The van der Waals surface area contributed by atoms with Gasteiger partial charge in [0.2, 0.25) is 0 Å². The van der Waals surface area contributed by atoms with Gasteiger partial charge in [-0.15, -0.1) is 0 Å². The van der Waals surface area contributed by atoms with E-state index in [1.807, 2.05) is 0 Å². The van der Waals surface area contributed by atoms with Crippen molar-refractivity contribution in [2.75, 3.05) is 0 Å². The number of pyridine rings is 1. The fourth-order valence-corrected chi connectivity index (χ4v) is 0.948. The standard InChI is InChI=1S/C7H5F3N2O2/c8-7(9,10)5-4(6(11)14)3(13)1-2-12-5/h1-2H,(H2,11,14)(H,12,13). The van der Waals surface area contributed by atoms with Gasteiger partial charge in [-0.1, -0.05) is 0 Å². The first-order valence-corrected chi connectivity index (χ1v) is 3.42. The summed E-state index contributed by atoms with van der Waals surface area (Å²) in [6, 6.07) is 0.801. The average Bonchev–Trinajstić information content (AvgIpc) is 2.01. The van der Waals surface area contributed by atoms with Crippen molar-refractivity contribution in [1.82, 2.24) is 4.98 Å². The van der Waals surface area contributed by atoms with Crippen LogP contribution < -0.4 is 11.2 Å². The van der Waals surface area contributed by atoms with E-state index in [-0.39, 0.29) is 0 Å². The number of aromatic nitrogens is 1. The Kier molecular flexibility index (Phi) is 2.33. The lowest BCUT2D eigenvalue weighted by molar-refractivity contribution is -0.141. The second kappa shape index (κ2) is 3.17. The zero-order valence-corrected chi connectivity index (χ0v) is 6.68. The van der Waals surface area contributed by atoms with Crippen molar-refractivity contribution in [3.05, 3.63) is 33.7 Å². The number of primary amides is 1. The third kappa shape index (κ3) is 1.76. The van der Waals surface area contributed by atoms with Gasteiger partial charge in [-0.2, -0.15) is 13.2 Å². The maximum atomic E-state index is 12.2. The number of hydrogen-bond donors (Lipinski definition) is 2. The zero-order chi connectivity index (χ0) is 10.9. The Balaban J connectivity index is 3.52. The monoisotopic (exact) mass is 206 g/mol. The summed E-state index contributed by atoms with van der Waals surface area (Å²) >= 11 is 0. The number of nitrogens with two attached hydrogens (primary N) is 1. The molecule has 0 radical (unpaired) electrons. The highest BCUT2D eigenvalue weighted by Crippen LogP contribution is 2.28. The molecule has 1 aromatic rings. The van der Waals surface area contributed by atoms with Gasteiger partial charge in [0.05, 0.1) is 0 Å². The maximum Gasteiger partial charge on any atom is 0.432 e. The third-order valence-electron chi connectivity index (χ3n) is 1.49. The molecule has 0 aliphatic rings. The second-order valence-electron chi connectivity index (χ2n) is 2.45. The Labute approximate surface area is 75.5 Å². The molecule has 1 amide bonds. The molecule has 0 fully saturated rings. The number of aromatic amines is 1. The molecule has 1 heterocycles. The van der Waals surface area contributed by atoms with Crippen LogP contribution in [0, 0.1) is 0 Å². The zero-order valence-electron chi connectivity index (χ0n) is 6.68. The molecule has 0 aliphatic carbocycles. The van der Waals surface area contributed by atoms with Crippen molar-refractivity contribution in [2.45, 2.75) is 6.18 Å². The molecule has 0 atom stereocenters. The van der Waals surface area contributed by atoms with Crippen LogP contribution >= 0.6 is 0 Å². The van der Waals surface area contributed by atoms with Gasteiger partial charge in [0.25, 0.3) is 5.91 Å². The topological polar surface area (TPSA) is 76.0 Å². The number of alkyl halides is 3. The van der Waals surface area contributed by atoms with Crippen LogP contribution in [0.15, 0.2) is 17.1 Å². The first-order chi connectivity index (χ1) is 6.34. The Morgan fingerprint density at radius 2 is 2.00 bits per heavy atom. The fourth-order valence-electron chi connectivity index (χ4n) is 0.948. The van der Waals surface area contributed by atoms with Gasteiger partial charge in [0, 0.05) is 12.3 Å². The number of hydrogen-bond acceptors (Lipinski definition) is 2. The summed E-state index contributed by atoms with van der Waals surface area (Å²) in [5.74, 6) is -1.40. The third-order valence-corrected chi connectivity index (χ3v) is 1.49. The predicted octanol–water partition coefficient (Wildman–Crippen LogP) is 0.493. The molecule has 0 aromatic carbocycles. The maximum absolute atomic E-state index is 12.2. The summed E-state index contributed by atoms with van der Waals surface area (Å²) in [5, 5.41) is 0. The summed E-state index contributed by atoms with van der Waals surface area (Å²) in [6.07, 6.45) is -4.00. The van der Waals surface area contributed by atoms with Crippen LogP contribution in [-0.2, 0) is 6.18 Å². The Morgan fingerprint density at radius 3 is 2.36 bits per heavy atom. The number of halogens is 3. The lowest BCUT2D eigenvalue weighted by Crippen LogP contribution is -2.27. The minimum absolute atomic E-state index is 0.801. The van der Waals surface area contributed by atoms with Crippen LogP contribution in [0.25, 0.3) is 0 Å². The smallest absolute Gasteiger partial charge is 0.365 e. The molecule has 3 N–H and O–H groups in total. The van der Waals surface area contributed by atoms with Crippen molar-refractivity contribution in [3.8, 4) is 0 Å². The molecule has 14 heavy (non-hydrogen) atoms. The van der Waals surface area contributed by atoms with Gasteiger partial charge in [-0.25, -0.2) is 0 Å². The Bertz CT molecular complexity index is 422. The van der Waals surface area contributed by atoms with Crippen molar-refractivity contribution in [1.29, 1.82) is 0 Å². The van der Waals surface area contributed by atoms with Crippen LogP contribution in [-0.4, -0.2) is 10.9 Å². The summed E-state index contributed by atoms with van der Waals surface area (Å²) in [6.45, 7) is 0. The van der Waals surface area contributed by atoms with E-state index in [1.165, 1.54) is 0 Å². The van der Waals surface area contributed by atoms with Crippen molar-refractivity contribution in [2.24, 2.45) is 5.73 Å². The van der Waals surface area contributed by atoms with Crippen molar-refractivity contribution in [3.63, 3.8) is 0 Å². The molecule has 1 aromatic heterocycles. The fraction of sp³-hybridized carbons (Fsp3) is 0.143. The summed E-state index contributed by atoms with van der Waals surface area (Å²) in [4.78, 5) is 23.3. The van der Waals surface area contributed by atoms with Gasteiger partial charge < -0.3 is 10.7 Å². The van der Waals surface area contributed by atoms with E-state index in [0.29, 0.717) is 0 Å². The van der Waals surface area contributed by atoms with Crippen LogP contribution in [0.4, 0.5) is 13.2 Å². The van der Waals surface area contributed by atoms with Crippen LogP contribution in [0.1, 0.15) is 16.1 Å². The molecule has 0 aliphatic heterocycles. The van der Waals surface area contributed by atoms with E-state index in [4.69, 9.17) is 0 Å². The molecule has 0 saturated heterocycles. The first-order valence-electron chi connectivity index (χ1n) is 3.42. The number of carbonyl (C=O) groups excluding carboxylic acids is 1. The highest BCUT2D eigenvalue weighted by Gasteiger charge is 2.36. The minimum Gasteiger partial charge on any atom is -0.365 e. The largest absolute Gasteiger partial charge is 0.432 e. The highest BCUT2D eigenvalue weighted by atomic mass is 19.4. The van der Waals surface area contributed by atoms with E-state index in [1.54, 1.807) is 4.98 Å². The molecule has 4 nitrogen and oxygen atoms in total. The summed E-state index contributed by atoms with van der Waals surface area (Å²) in [5.41, 5.74) is 1.11. The number of carbonyl (C=O) groups is 1. The molecular formula is C7H5F3N2O2. The van der Waals surface area contributed by atoms with Crippen LogP contribution in [0.5, 0.6) is 0 Å². The predicted molar refractivity (Wildman–Crippen MR) is 40.6 cm³/mol. The van der Waals surface area contributed by atoms with E-state index in [9.17, 15) is 22.8 Å². The van der Waals surface area contributed by atoms with Crippen LogP contribution in [0.3, 0.4) is 0 Å². The molecule has 0 bridgehead atoms. The lowest BCUT2D eigenvalue weighted by Gasteiger charge is -2.08. The first kappa shape index (κ1) is 10.3. The normalized spacial score (nSPS) is 11.4. The summed E-state index contributed by atoms with van der Waals surface area (Å²) < 4.78 is 36.6.